The number of carbonyl (C=O) groups excluding carboxylic acids is 2. The van der Waals surface area contributed by atoms with E-state index in [1.807, 2.05) is 0 Å². The van der Waals surface area contributed by atoms with Crippen LogP contribution in [0.4, 0.5) is 19.0 Å². The van der Waals surface area contributed by atoms with E-state index in [2.05, 4.69) is 20.5 Å². The SMILES string of the molecule is CC(=O)c1cnc(Cn2ncc(NC(=O)/C=C\c3ccc(C(F)(F)F)cc3)n2)s1. The molecule has 0 fully saturated rings. The van der Waals surface area contributed by atoms with Crippen LogP contribution in [0.15, 0.2) is 42.7 Å². The van der Waals surface area contributed by atoms with Gasteiger partial charge < -0.3 is 5.32 Å². The van der Waals surface area contributed by atoms with Gasteiger partial charge in [-0.2, -0.15) is 23.1 Å². The molecule has 1 aromatic carbocycles. The molecule has 3 rings (SSSR count). The molecule has 0 spiro atoms. The molecule has 0 atom stereocenters. The lowest BCUT2D eigenvalue weighted by Crippen LogP contribution is -2.09. The molecule has 0 radical (unpaired) electrons. The number of aromatic nitrogens is 4. The third kappa shape index (κ3) is 5.57. The molecule has 2 heterocycles. The summed E-state index contributed by atoms with van der Waals surface area (Å²) < 4.78 is 37.6. The van der Waals surface area contributed by atoms with E-state index in [1.165, 1.54) is 59.7 Å². The smallest absolute Gasteiger partial charge is 0.304 e. The summed E-state index contributed by atoms with van der Waals surface area (Å²) in [6.07, 6.45) is 1.00. The largest absolute Gasteiger partial charge is 0.416 e. The molecule has 150 valence electrons. The second-order valence-corrected chi connectivity index (χ2v) is 6.99. The minimum Gasteiger partial charge on any atom is -0.304 e. The van der Waals surface area contributed by atoms with Gasteiger partial charge in [0.15, 0.2) is 11.6 Å². The maximum absolute atomic E-state index is 12.5. The number of rotatable bonds is 6. The molecular weight excluding hydrogens is 407 g/mol. The van der Waals surface area contributed by atoms with E-state index in [9.17, 15) is 22.8 Å². The summed E-state index contributed by atoms with van der Waals surface area (Å²) in [6, 6.07) is 4.43. The summed E-state index contributed by atoms with van der Waals surface area (Å²) in [6.45, 7) is 1.70. The molecular formula is C18H14F3N5O2S. The molecule has 2 aromatic heterocycles. The highest BCUT2D eigenvalue weighted by atomic mass is 32.1. The van der Waals surface area contributed by atoms with Crippen LogP contribution in [0.1, 0.15) is 32.7 Å². The standard InChI is InChI=1S/C18H14F3N5O2S/c1-11(27)14-8-22-17(29-14)10-26-23-9-15(25-26)24-16(28)7-4-12-2-5-13(6-3-12)18(19,20)21/h2-9H,10H2,1H3,(H,24,25,28)/b7-4-. The third-order valence-corrected chi connectivity index (χ3v) is 4.71. The van der Waals surface area contributed by atoms with Crippen molar-refractivity contribution in [1.29, 1.82) is 0 Å². The van der Waals surface area contributed by atoms with Crippen LogP contribution in [0.25, 0.3) is 6.08 Å². The van der Waals surface area contributed by atoms with Crippen LogP contribution < -0.4 is 5.32 Å². The summed E-state index contributed by atoms with van der Waals surface area (Å²) in [4.78, 5) is 29.2. The van der Waals surface area contributed by atoms with Crippen LogP contribution in [0.2, 0.25) is 0 Å². The number of anilines is 1. The number of Topliss-reactive ketones (excluding diaryl/α,β-unsaturated/α-hetero) is 1. The first-order valence-electron chi connectivity index (χ1n) is 8.23. The summed E-state index contributed by atoms with van der Waals surface area (Å²) in [5.74, 6) is -0.379. The molecule has 1 amide bonds. The first-order valence-corrected chi connectivity index (χ1v) is 9.04. The van der Waals surface area contributed by atoms with E-state index in [1.54, 1.807) is 0 Å². The second-order valence-electron chi connectivity index (χ2n) is 5.88. The molecule has 0 unspecified atom stereocenters. The van der Waals surface area contributed by atoms with Crippen LogP contribution in [0.5, 0.6) is 0 Å². The van der Waals surface area contributed by atoms with Crippen LogP contribution in [-0.2, 0) is 17.5 Å². The average Bonchev–Trinajstić information content (AvgIpc) is 3.30. The highest BCUT2D eigenvalue weighted by molar-refractivity contribution is 7.13. The number of nitrogens with one attached hydrogen (secondary N) is 1. The zero-order valence-electron chi connectivity index (χ0n) is 15.0. The number of hydrogen-bond acceptors (Lipinski definition) is 6. The lowest BCUT2D eigenvalue weighted by Gasteiger charge is -2.05. The van der Waals surface area contributed by atoms with Gasteiger partial charge in [0, 0.05) is 19.2 Å². The lowest BCUT2D eigenvalue weighted by molar-refractivity contribution is -0.137. The van der Waals surface area contributed by atoms with E-state index in [0.29, 0.717) is 15.4 Å². The number of ketones is 1. The fourth-order valence-electron chi connectivity index (χ4n) is 2.22. The Balaban J connectivity index is 1.57. The number of nitrogens with zero attached hydrogens (tertiary/aromatic N) is 4. The number of benzene rings is 1. The van der Waals surface area contributed by atoms with E-state index in [-0.39, 0.29) is 18.1 Å². The van der Waals surface area contributed by atoms with E-state index >= 15 is 0 Å². The van der Waals surface area contributed by atoms with Crippen molar-refractivity contribution in [2.75, 3.05) is 5.32 Å². The molecule has 1 N–H and O–H groups in total. The average molecular weight is 421 g/mol. The lowest BCUT2D eigenvalue weighted by atomic mass is 10.1. The Bertz CT molecular complexity index is 1050. The van der Waals surface area contributed by atoms with Gasteiger partial charge in [-0.3, -0.25) is 9.59 Å². The van der Waals surface area contributed by atoms with Crippen molar-refractivity contribution in [2.24, 2.45) is 0 Å². The van der Waals surface area contributed by atoms with Crippen LogP contribution in [-0.4, -0.2) is 31.7 Å². The second kappa shape index (κ2) is 8.35. The van der Waals surface area contributed by atoms with Gasteiger partial charge in [0.1, 0.15) is 11.6 Å². The molecule has 0 bridgehead atoms. The maximum Gasteiger partial charge on any atom is 0.416 e. The Morgan fingerprint density at radius 1 is 1.21 bits per heavy atom. The van der Waals surface area contributed by atoms with E-state index < -0.39 is 17.6 Å². The topological polar surface area (TPSA) is 89.8 Å². The van der Waals surface area contributed by atoms with Gasteiger partial charge in [-0.1, -0.05) is 12.1 Å². The van der Waals surface area contributed by atoms with Crippen LogP contribution in [0.3, 0.4) is 0 Å². The van der Waals surface area contributed by atoms with Gasteiger partial charge in [-0.15, -0.1) is 16.4 Å². The first kappa shape index (κ1) is 20.4. The highest BCUT2D eigenvalue weighted by Gasteiger charge is 2.29. The summed E-state index contributed by atoms with van der Waals surface area (Å²) in [5.41, 5.74) is -0.312. The number of alkyl halides is 3. The van der Waals surface area contributed by atoms with E-state index in [4.69, 9.17) is 0 Å². The van der Waals surface area contributed by atoms with Gasteiger partial charge in [0.05, 0.1) is 16.6 Å². The molecule has 7 nitrogen and oxygen atoms in total. The fraction of sp³-hybridized carbons (Fsp3) is 0.167. The Labute approximate surface area is 166 Å². The number of amides is 1. The van der Waals surface area contributed by atoms with Gasteiger partial charge in [0.2, 0.25) is 5.91 Å². The predicted molar refractivity (Wildman–Crippen MR) is 100 cm³/mol. The maximum atomic E-state index is 12.5. The molecule has 3 aromatic rings. The minimum absolute atomic E-state index is 0.0741. The fourth-order valence-corrected chi connectivity index (χ4v) is 3.01. The van der Waals surface area contributed by atoms with Gasteiger partial charge in [0.25, 0.3) is 0 Å². The zero-order valence-corrected chi connectivity index (χ0v) is 15.8. The third-order valence-electron chi connectivity index (χ3n) is 3.63. The van der Waals surface area contributed by atoms with E-state index in [0.717, 1.165) is 12.1 Å². The Morgan fingerprint density at radius 3 is 2.55 bits per heavy atom. The Kier molecular flexibility index (Phi) is 5.87. The first-order chi connectivity index (χ1) is 13.7. The van der Waals surface area contributed by atoms with Gasteiger partial charge in [-0.25, -0.2) is 4.98 Å². The van der Waals surface area contributed by atoms with Crippen molar-refractivity contribution in [1.82, 2.24) is 20.0 Å². The Morgan fingerprint density at radius 2 is 1.93 bits per heavy atom. The van der Waals surface area contributed by atoms with Crippen molar-refractivity contribution < 1.29 is 22.8 Å². The van der Waals surface area contributed by atoms with Gasteiger partial charge >= 0.3 is 6.18 Å². The summed E-state index contributed by atoms with van der Waals surface area (Å²) in [7, 11) is 0. The number of halogens is 3. The monoisotopic (exact) mass is 421 g/mol. The van der Waals surface area contributed by atoms with Gasteiger partial charge in [-0.05, 0) is 23.8 Å². The molecule has 11 heteroatoms. The number of carbonyl (C=O) groups is 2. The zero-order chi connectivity index (χ0) is 21.0. The van der Waals surface area contributed by atoms with Crippen molar-refractivity contribution in [3.8, 4) is 0 Å². The molecule has 29 heavy (non-hydrogen) atoms. The van der Waals surface area contributed by atoms with Crippen molar-refractivity contribution in [3.05, 3.63) is 63.7 Å². The molecule has 0 aliphatic heterocycles. The quantitative estimate of drug-likeness (QED) is 0.485. The normalized spacial score (nSPS) is 11.7. The molecule has 0 saturated carbocycles. The molecule has 0 saturated heterocycles. The molecule has 0 aliphatic carbocycles. The van der Waals surface area contributed by atoms with Crippen LogP contribution >= 0.6 is 11.3 Å². The summed E-state index contributed by atoms with van der Waals surface area (Å²) >= 11 is 1.24. The van der Waals surface area contributed by atoms with Crippen molar-refractivity contribution >= 4 is 34.9 Å². The Hall–Kier alpha value is -3.34. The van der Waals surface area contributed by atoms with Crippen molar-refractivity contribution in [3.63, 3.8) is 0 Å². The highest BCUT2D eigenvalue weighted by Crippen LogP contribution is 2.29. The van der Waals surface area contributed by atoms with Crippen LogP contribution in [0, 0.1) is 0 Å². The predicted octanol–water partition coefficient (Wildman–Crippen LogP) is 3.66. The summed E-state index contributed by atoms with van der Waals surface area (Å²) in [5, 5.41) is 11.3. The minimum atomic E-state index is -4.41. The molecule has 0 aliphatic rings. The number of hydrogen-bond donors (Lipinski definition) is 1. The number of thiazole rings is 1. The van der Waals surface area contributed by atoms with Crippen molar-refractivity contribution in [2.45, 2.75) is 19.6 Å².